The van der Waals surface area contributed by atoms with Crippen molar-refractivity contribution in [3.05, 3.63) is 39.4 Å². The Morgan fingerprint density at radius 2 is 2.24 bits per heavy atom. The van der Waals surface area contributed by atoms with Gasteiger partial charge in [0.2, 0.25) is 0 Å². The van der Waals surface area contributed by atoms with Gasteiger partial charge in [0.25, 0.3) is 5.56 Å². The summed E-state index contributed by atoms with van der Waals surface area (Å²) >= 11 is 6.00. The fraction of sp³-hybridized carbons (Fsp3) is 0.467. The summed E-state index contributed by atoms with van der Waals surface area (Å²) in [6, 6.07) is 5.56. The number of fused-ring (bicyclic) bond motifs is 4. The van der Waals surface area contributed by atoms with Crippen LogP contribution in [0, 0.1) is 0 Å². The van der Waals surface area contributed by atoms with Gasteiger partial charge in [0.1, 0.15) is 11.9 Å². The summed E-state index contributed by atoms with van der Waals surface area (Å²) in [5, 5.41) is 1.14. The van der Waals surface area contributed by atoms with E-state index in [1.807, 2.05) is 0 Å². The maximum absolute atomic E-state index is 12.7. The van der Waals surface area contributed by atoms with Crippen molar-refractivity contribution in [3.63, 3.8) is 0 Å². The molecular formula is C15H16ClN3O2. The highest BCUT2D eigenvalue weighted by molar-refractivity contribution is 6.31. The normalized spacial score (nSPS) is 25.6. The monoisotopic (exact) mass is 305 g/mol. The lowest BCUT2D eigenvalue weighted by molar-refractivity contribution is -0.0818. The van der Waals surface area contributed by atoms with Gasteiger partial charge in [0.15, 0.2) is 0 Å². The van der Waals surface area contributed by atoms with Gasteiger partial charge >= 0.3 is 0 Å². The minimum absolute atomic E-state index is 0.0206. The van der Waals surface area contributed by atoms with Gasteiger partial charge in [-0.05, 0) is 31.7 Å². The molecule has 0 amide bonds. The van der Waals surface area contributed by atoms with Crippen molar-refractivity contribution < 1.29 is 4.74 Å². The molecule has 1 saturated heterocycles. The van der Waals surface area contributed by atoms with E-state index >= 15 is 0 Å². The summed E-state index contributed by atoms with van der Waals surface area (Å²) < 4.78 is 7.67. The van der Waals surface area contributed by atoms with Crippen LogP contribution in [0.3, 0.4) is 0 Å². The van der Waals surface area contributed by atoms with E-state index in [0.717, 1.165) is 18.8 Å². The highest BCUT2D eigenvalue weighted by Crippen LogP contribution is 2.33. The van der Waals surface area contributed by atoms with Crippen LogP contribution >= 0.6 is 11.6 Å². The molecule has 0 spiro atoms. The van der Waals surface area contributed by atoms with Crippen molar-refractivity contribution in [3.8, 4) is 0 Å². The van der Waals surface area contributed by atoms with E-state index < -0.39 is 0 Å². The average Bonchev–Trinajstić information content (AvgIpc) is 2.48. The van der Waals surface area contributed by atoms with Gasteiger partial charge in [-0.25, -0.2) is 4.98 Å². The van der Waals surface area contributed by atoms with Crippen LogP contribution in [0.25, 0.3) is 10.9 Å². The van der Waals surface area contributed by atoms with E-state index in [-0.39, 0.29) is 11.7 Å². The van der Waals surface area contributed by atoms with E-state index in [0.29, 0.717) is 35.1 Å². The molecule has 5 nitrogen and oxygen atoms in total. The Morgan fingerprint density at radius 3 is 3.10 bits per heavy atom. The first-order valence-electron chi connectivity index (χ1n) is 7.17. The Balaban J connectivity index is 1.94. The molecule has 1 aromatic heterocycles. The smallest absolute Gasteiger partial charge is 0.261 e. The van der Waals surface area contributed by atoms with Gasteiger partial charge < -0.3 is 4.74 Å². The van der Waals surface area contributed by atoms with Gasteiger partial charge in [0, 0.05) is 24.2 Å². The number of ether oxygens (including phenoxy) is 1. The molecule has 2 aliphatic heterocycles. The lowest BCUT2D eigenvalue weighted by atomic mass is 9.99. The number of morpholine rings is 1. The van der Waals surface area contributed by atoms with Crippen molar-refractivity contribution in [1.29, 1.82) is 0 Å². The Hall–Kier alpha value is -1.43. The van der Waals surface area contributed by atoms with Crippen LogP contribution in [-0.4, -0.2) is 40.7 Å². The van der Waals surface area contributed by atoms with Crippen molar-refractivity contribution in [2.75, 3.05) is 20.2 Å². The predicted molar refractivity (Wildman–Crippen MR) is 80.7 cm³/mol. The summed E-state index contributed by atoms with van der Waals surface area (Å²) in [4.78, 5) is 19.7. The summed E-state index contributed by atoms with van der Waals surface area (Å²) in [6.07, 6.45) is 0.784. The fourth-order valence-corrected chi connectivity index (χ4v) is 3.53. The Kier molecular flexibility index (Phi) is 3.03. The zero-order chi connectivity index (χ0) is 14.6. The van der Waals surface area contributed by atoms with Crippen molar-refractivity contribution in [2.45, 2.75) is 25.1 Å². The molecule has 21 heavy (non-hydrogen) atoms. The Labute approximate surface area is 127 Å². The lowest BCUT2D eigenvalue weighted by Crippen LogP contribution is -2.50. The van der Waals surface area contributed by atoms with E-state index in [1.54, 1.807) is 22.8 Å². The second-order valence-corrected chi connectivity index (χ2v) is 6.15. The molecule has 0 radical (unpaired) electrons. The van der Waals surface area contributed by atoms with Crippen LogP contribution in [0.5, 0.6) is 0 Å². The standard InChI is InChI=1S/C15H16ClN3O2/c1-18-6-7-21-13-12(18)4-5-19-14(13)17-11-3-2-9(16)8-10(11)15(19)20/h2-3,8,12-13H,4-7H2,1H3/t12-,13+/m1/s1. The molecule has 0 unspecified atom stereocenters. The molecule has 0 aliphatic carbocycles. The third-order valence-electron chi connectivity index (χ3n) is 4.51. The molecule has 2 aliphatic rings. The van der Waals surface area contributed by atoms with E-state index in [4.69, 9.17) is 16.3 Å². The van der Waals surface area contributed by atoms with Crippen molar-refractivity contribution in [2.24, 2.45) is 0 Å². The average molecular weight is 306 g/mol. The zero-order valence-electron chi connectivity index (χ0n) is 11.8. The number of aromatic nitrogens is 2. The minimum atomic E-state index is -0.120. The van der Waals surface area contributed by atoms with Crippen LogP contribution in [0.2, 0.25) is 5.02 Å². The van der Waals surface area contributed by atoms with Gasteiger partial charge in [0.05, 0.1) is 17.5 Å². The first-order valence-corrected chi connectivity index (χ1v) is 7.55. The van der Waals surface area contributed by atoms with E-state index in [1.165, 1.54) is 0 Å². The SMILES string of the molecule is CN1CCO[C@@H]2c3nc4ccc(Cl)cc4c(=O)n3CC[C@H]21. The third kappa shape index (κ3) is 1.99. The lowest BCUT2D eigenvalue weighted by Gasteiger charge is -2.42. The van der Waals surface area contributed by atoms with Crippen LogP contribution in [-0.2, 0) is 11.3 Å². The molecule has 0 bridgehead atoms. The number of hydrogen-bond acceptors (Lipinski definition) is 4. The molecule has 4 rings (SSSR count). The van der Waals surface area contributed by atoms with Crippen LogP contribution in [0.15, 0.2) is 23.0 Å². The number of likely N-dealkylation sites (N-methyl/N-ethyl adjacent to an activating group) is 1. The quantitative estimate of drug-likeness (QED) is 0.745. The van der Waals surface area contributed by atoms with Gasteiger partial charge in [-0.2, -0.15) is 0 Å². The summed E-state index contributed by atoms with van der Waals surface area (Å²) in [7, 11) is 2.11. The number of halogens is 1. The maximum atomic E-state index is 12.7. The summed E-state index contributed by atoms with van der Waals surface area (Å²) in [5.41, 5.74) is 0.668. The molecule has 110 valence electrons. The second-order valence-electron chi connectivity index (χ2n) is 5.72. The van der Waals surface area contributed by atoms with Crippen LogP contribution in [0.4, 0.5) is 0 Å². The van der Waals surface area contributed by atoms with Crippen molar-refractivity contribution in [1.82, 2.24) is 14.5 Å². The highest BCUT2D eigenvalue weighted by atomic mass is 35.5. The third-order valence-corrected chi connectivity index (χ3v) is 4.74. The molecule has 2 atom stereocenters. The molecule has 1 aromatic carbocycles. The molecule has 6 heteroatoms. The fourth-order valence-electron chi connectivity index (χ4n) is 3.36. The molecule has 0 N–H and O–H groups in total. The largest absolute Gasteiger partial charge is 0.367 e. The second kappa shape index (κ2) is 4.80. The van der Waals surface area contributed by atoms with Gasteiger partial charge in [-0.3, -0.25) is 14.3 Å². The minimum Gasteiger partial charge on any atom is -0.367 e. The predicted octanol–water partition coefficient (Wildman–Crippen LogP) is 1.83. The number of nitrogens with zero attached hydrogens (tertiary/aromatic N) is 3. The number of hydrogen-bond donors (Lipinski definition) is 0. The first kappa shape index (κ1) is 13.2. The van der Waals surface area contributed by atoms with Crippen LogP contribution < -0.4 is 5.56 Å². The van der Waals surface area contributed by atoms with Gasteiger partial charge in [-0.1, -0.05) is 11.6 Å². The zero-order valence-corrected chi connectivity index (χ0v) is 12.5. The molecule has 3 heterocycles. The molecule has 1 fully saturated rings. The Morgan fingerprint density at radius 1 is 1.38 bits per heavy atom. The topological polar surface area (TPSA) is 47.4 Å². The maximum Gasteiger partial charge on any atom is 0.261 e. The molecule has 0 saturated carbocycles. The van der Waals surface area contributed by atoms with E-state index in [9.17, 15) is 4.79 Å². The first-order chi connectivity index (χ1) is 10.1. The Bertz CT molecular complexity index is 773. The highest BCUT2D eigenvalue weighted by Gasteiger charge is 2.37. The molecule has 2 aromatic rings. The summed E-state index contributed by atoms with van der Waals surface area (Å²) in [5.74, 6) is 0.748. The van der Waals surface area contributed by atoms with Crippen molar-refractivity contribution >= 4 is 22.5 Å². The summed E-state index contributed by atoms with van der Waals surface area (Å²) in [6.45, 7) is 2.28. The number of benzene rings is 1. The van der Waals surface area contributed by atoms with E-state index in [2.05, 4.69) is 16.9 Å². The molecular weight excluding hydrogens is 290 g/mol. The van der Waals surface area contributed by atoms with Crippen LogP contribution in [0.1, 0.15) is 18.3 Å². The number of rotatable bonds is 0. The van der Waals surface area contributed by atoms with Gasteiger partial charge in [-0.15, -0.1) is 0 Å².